The molecule has 0 saturated heterocycles. The van der Waals surface area contributed by atoms with Crippen molar-refractivity contribution < 1.29 is 14.4 Å². The van der Waals surface area contributed by atoms with Gasteiger partial charge in [0.1, 0.15) is 18.9 Å². The predicted molar refractivity (Wildman–Crippen MR) is 92.6 cm³/mol. The van der Waals surface area contributed by atoms with Crippen molar-refractivity contribution in [1.29, 1.82) is 0 Å². The molecule has 0 spiro atoms. The van der Waals surface area contributed by atoms with Crippen molar-refractivity contribution in [3.05, 3.63) is 70.7 Å². The van der Waals surface area contributed by atoms with E-state index in [2.05, 4.69) is 9.97 Å². The highest BCUT2D eigenvalue weighted by atomic mass is 16.6. The van der Waals surface area contributed by atoms with Crippen LogP contribution in [0.1, 0.15) is 5.56 Å². The van der Waals surface area contributed by atoms with E-state index >= 15 is 0 Å². The zero-order chi connectivity index (χ0) is 17.9. The third-order valence-electron chi connectivity index (χ3n) is 4.15. The van der Waals surface area contributed by atoms with Crippen LogP contribution in [-0.4, -0.2) is 32.2 Å². The predicted octanol–water partition coefficient (Wildman–Crippen LogP) is 2.83. The highest BCUT2D eigenvalue weighted by molar-refractivity contribution is 5.62. The summed E-state index contributed by atoms with van der Waals surface area (Å²) < 4.78 is 12.9. The van der Waals surface area contributed by atoms with Crippen LogP contribution in [0.2, 0.25) is 0 Å². The summed E-state index contributed by atoms with van der Waals surface area (Å²) in [6, 6.07) is 12.3. The molecule has 0 bridgehead atoms. The van der Waals surface area contributed by atoms with Gasteiger partial charge in [0.25, 0.3) is 0 Å². The van der Waals surface area contributed by atoms with Crippen molar-refractivity contribution in [3.8, 4) is 17.1 Å². The topological polar surface area (TPSA) is 92.3 Å². The molecule has 0 unspecified atom stereocenters. The number of imidazole rings is 1. The van der Waals surface area contributed by atoms with Crippen molar-refractivity contribution >= 4 is 5.82 Å². The van der Waals surface area contributed by atoms with E-state index in [0.29, 0.717) is 19.8 Å². The van der Waals surface area contributed by atoms with Gasteiger partial charge < -0.3 is 19.6 Å². The minimum absolute atomic E-state index is 0.186. The van der Waals surface area contributed by atoms with Crippen LogP contribution in [0, 0.1) is 10.1 Å². The largest absolute Gasteiger partial charge is 0.443 e. The summed E-state index contributed by atoms with van der Waals surface area (Å²) in [5.74, 6) is -0.216. The lowest BCUT2D eigenvalue weighted by atomic mass is 10.1. The first-order chi connectivity index (χ1) is 12.7. The van der Waals surface area contributed by atoms with Gasteiger partial charge in [-0.15, -0.1) is 0 Å². The van der Waals surface area contributed by atoms with Crippen LogP contribution in [0.15, 0.2) is 55.0 Å². The fourth-order valence-corrected chi connectivity index (χ4v) is 2.80. The van der Waals surface area contributed by atoms with E-state index < -0.39 is 4.92 Å². The van der Waals surface area contributed by atoms with Gasteiger partial charge in [-0.2, -0.15) is 0 Å². The van der Waals surface area contributed by atoms with Gasteiger partial charge in [0.15, 0.2) is 0 Å². The molecular weight excluding hydrogens is 336 g/mol. The number of pyridine rings is 1. The van der Waals surface area contributed by atoms with Crippen LogP contribution < -0.4 is 4.74 Å². The van der Waals surface area contributed by atoms with Gasteiger partial charge in [-0.05, 0) is 27.7 Å². The summed E-state index contributed by atoms with van der Waals surface area (Å²) in [6.45, 7) is 1.24. The summed E-state index contributed by atoms with van der Waals surface area (Å²) in [5.41, 5.74) is 3.20. The van der Waals surface area contributed by atoms with E-state index in [0.717, 1.165) is 16.7 Å². The van der Waals surface area contributed by atoms with Crippen molar-refractivity contribution in [3.63, 3.8) is 0 Å². The zero-order valence-corrected chi connectivity index (χ0v) is 13.8. The van der Waals surface area contributed by atoms with Crippen LogP contribution in [0.4, 0.5) is 5.82 Å². The number of nitrogens with zero attached hydrogens (tertiary/aromatic N) is 4. The van der Waals surface area contributed by atoms with E-state index in [1.807, 2.05) is 42.6 Å². The Morgan fingerprint density at radius 2 is 2.12 bits per heavy atom. The Morgan fingerprint density at radius 3 is 2.85 bits per heavy atom. The van der Waals surface area contributed by atoms with Crippen molar-refractivity contribution in [2.45, 2.75) is 19.3 Å². The number of hydrogen-bond acceptors (Lipinski definition) is 6. The number of hydrogen-bond donors (Lipinski definition) is 0. The number of nitro groups is 1. The second kappa shape index (κ2) is 6.93. The molecule has 0 saturated carbocycles. The van der Waals surface area contributed by atoms with Crippen LogP contribution in [0.3, 0.4) is 0 Å². The molecule has 132 valence electrons. The Balaban J connectivity index is 1.36. The zero-order valence-electron chi connectivity index (χ0n) is 13.8. The number of aromatic nitrogens is 3. The molecule has 3 heterocycles. The van der Waals surface area contributed by atoms with E-state index in [1.54, 1.807) is 10.8 Å². The Hall–Kier alpha value is -3.26. The van der Waals surface area contributed by atoms with Crippen LogP contribution in [-0.2, 0) is 17.9 Å². The monoisotopic (exact) mass is 352 g/mol. The summed E-state index contributed by atoms with van der Waals surface area (Å²) in [4.78, 5) is 18.2. The molecule has 8 heteroatoms. The van der Waals surface area contributed by atoms with Gasteiger partial charge in [0, 0.05) is 17.4 Å². The Bertz CT molecular complexity index is 909. The highest BCUT2D eigenvalue weighted by Gasteiger charge is 2.28. The summed E-state index contributed by atoms with van der Waals surface area (Å²) in [5, 5.41) is 10.8. The van der Waals surface area contributed by atoms with Crippen molar-refractivity contribution in [2.24, 2.45) is 0 Å². The number of rotatable bonds is 5. The van der Waals surface area contributed by atoms with Crippen molar-refractivity contribution in [1.82, 2.24) is 14.5 Å². The molecule has 1 aliphatic heterocycles. The molecule has 1 atom stereocenters. The van der Waals surface area contributed by atoms with E-state index in [1.165, 1.54) is 6.20 Å². The molecule has 0 radical (unpaired) electrons. The molecule has 0 aliphatic carbocycles. The third-order valence-corrected chi connectivity index (χ3v) is 4.15. The molecular formula is C18H16N4O4. The molecule has 3 aromatic rings. The van der Waals surface area contributed by atoms with Gasteiger partial charge >= 0.3 is 11.8 Å². The highest BCUT2D eigenvalue weighted by Crippen LogP contribution is 2.23. The number of ether oxygens (including phenoxy) is 2. The fourth-order valence-electron chi connectivity index (χ4n) is 2.80. The summed E-state index contributed by atoms with van der Waals surface area (Å²) >= 11 is 0. The second-order valence-electron chi connectivity index (χ2n) is 5.97. The first kappa shape index (κ1) is 16.2. The van der Waals surface area contributed by atoms with Crippen molar-refractivity contribution in [2.75, 3.05) is 6.61 Å². The van der Waals surface area contributed by atoms with Crippen LogP contribution in [0.25, 0.3) is 11.1 Å². The number of fused-ring (bicyclic) bond motifs is 1. The fraction of sp³-hybridized carbons (Fsp3) is 0.222. The maximum atomic E-state index is 10.8. The SMILES string of the molecule is O=[N+]([O-])c1cn2c(n1)OC[C@@H](OCc1ccc(-c3cccnc3)cc1)C2. The van der Waals surface area contributed by atoms with Gasteiger partial charge in [0.2, 0.25) is 0 Å². The molecule has 1 aliphatic rings. The Kier molecular flexibility index (Phi) is 4.32. The van der Waals surface area contributed by atoms with Gasteiger partial charge in [-0.3, -0.25) is 9.55 Å². The van der Waals surface area contributed by atoms with Crippen LogP contribution >= 0.6 is 0 Å². The van der Waals surface area contributed by atoms with Gasteiger partial charge in [-0.1, -0.05) is 30.3 Å². The maximum absolute atomic E-state index is 10.8. The lowest BCUT2D eigenvalue weighted by molar-refractivity contribution is -0.389. The van der Waals surface area contributed by atoms with Gasteiger partial charge in [-0.25, -0.2) is 0 Å². The molecule has 1 aromatic carbocycles. The maximum Gasteiger partial charge on any atom is 0.414 e. The quantitative estimate of drug-likeness (QED) is 0.518. The average molecular weight is 352 g/mol. The van der Waals surface area contributed by atoms with Gasteiger partial charge in [0.05, 0.1) is 13.2 Å². The standard InChI is InChI=1S/C18H16N4O4/c23-22(24)17-10-21-9-16(12-26-18(21)20-17)25-11-13-3-5-14(6-4-13)15-2-1-7-19-8-15/h1-8,10,16H,9,11-12H2/t16-/m0/s1. The average Bonchev–Trinajstić information content (AvgIpc) is 3.11. The summed E-state index contributed by atoms with van der Waals surface area (Å²) in [7, 11) is 0. The van der Waals surface area contributed by atoms with Crippen LogP contribution in [0.5, 0.6) is 6.01 Å². The minimum atomic E-state index is -0.533. The lowest BCUT2D eigenvalue weighted by Crippen LogP contribution is -2.32. The van der Waals surface area contributed by atoms with E-state index in [4.69, 9.17) is 9.47 Å². The Morgan fingerprint density at radius 1 is 1.27 bits per heavy atom. The van der Waals surface area contributed by atoms with E-state index in [9.17, 15) is 10.1 Å². The summed E-state index contributed by atoms with van der Waals surface area (Å²) in [6.07, 6.45) is 4.76. The molecule has 0 amide bonds. The molecule has 26 heavy (non-hydrogen) atoms. The molecule has 4 rings (SSSR count). The number of benzene rings is 1. The van der Waals surface area contributed by atoms with E-state index in [-0.39, 0.29) is 17.9 Å². The second-order valence-corrected chi connectivity index (χ2v) is 5.97. The normalized spacial score (nSPS) is 15.9. The smallest absolute Gasteiger partial charge is 0.414 e. The lowest BCUT2D eigenvalue weighted by Gasteiger charge is -2.22. The first-order valence-electron chi connectivity index (χ1n) is 8.14. The molecule has 0 fully saturated rings. The molecule has 2 aromatic heterocycles. The molecule has 8 nitrogen and oxygen atoms in total. The Labute approximate surface area is 149 Å². The minimum Gasteiger partial charge on any atom is -0.443 e. The first-order valence-corrected chi connectivity index (χ1v) is 8.14. The molecule has 0 N–H and O–H groups in total. The third kappa shape index (κ3) is 3.40.